The zero-order valence-corrected chi connectivity index (χ0v) is 8.62. The van der Waals surface area contributed by atoms with Crippen LogP contribution in [0.2, 0.25) is 0 Å². The highest BCUT2D eigenvalue weighted by Gasteiger charge is 1.91. The van der Waals surface area contributed by atoms with E-state index in [1.165, 1.54) is 21.2 Å². The summed E-state index contributed by atoms with van der Waals surface area (Å²) in [4.78, 5) is 0. The molecule has 0 fully saturated rings. The lowest BCUT2D eigenvalue weighted by Crippen LogP contribution is -2.23. The molecule has 0 saturated carbocycles. The Morgan fingerprint density at radius 3 is 1.57 bits per heavy atom. The zero-order chi connectivity index (χ0) is 9.97. The minimum Gasteiger partial charge on any atom is -0.0798 e. The van der Waals surface area contributed by atoms with Crippen LogP contribution in [0.3, 0.4) is 0 Å². The second-order valence-corrected chi connectivity index (χ2v) is 3.41. The first-order valence-corrected chi connectivity index (χ1v) is 4.96. The zero-order valence-electron chi connectivity index (χ0n) is 8.62. The summed E-state index contributed by atoms with van der Waals surface area (Å²) in [7, 11) is 0. The number of hydrogen-bond donors (Lipinski definition) is 0. The third-order valence-electron chi connectivity index (χ3n) is 2.57. The van der Waals surface area contributed by atoms with Crippen LogP contribution in [-0.4, -0.2) is 0 Å². The summed E-state index contributed by atoms with van der Waals surface area (Å²) in [5, 5.41) is 5.25. The number of benzene rings is 2. The fourth-order valence-corrected chi connectivity index (χ4v) is 1.78. The fourth-order valence-electron chi connectivity index (χ4n) is 1.78. The molecule has 0 aliphatic rings. The van der Waals surface area contributed by atoms with Crippen molar-refractivity contribution in [2.24, 2.45) is 0 Å². The Hall–Kier alpha value is -1.56. The van der Waals surface area contributed by atoms with Crippen LogP contribution < -0.4 is 10.4 Å². The van der Waals surface area contributed by atoms with Gasteiger partial charge in [-0.05, 0) is 47.2 Å². The highest BCUT2D eigenvalue weighted by Crippen LogP contribution is 2.07. The normalized spacial score (nSPS) is 13.9. The molecule has 2 rings (SSSR count). The second-order valence-electron chi connectivity index (χ2n) is 3.41. The van der Waals surface area contributed by atoms with Gasteiger partial charge >= 0.3 is 0 Å². The molecule has 0 heteroatoms. The molecule has 2 aromatic rings. The van der Waals surface area contributed by atoms with Crippen molar-refractivity contribution in [3.63, 3.8) is 0 Å². The Labute approximate surface area is 84.2 Å². The van der Waals surface area contributed by atoms with Gasteiger partial charge in [-0.15, -0.1) is 0 Å². The van der Waals surface area contributed by atoms with Gasteiger partial charge in [0.25, 0.3) is 0 Å². The van der Waals surface area contributed by atoms with Crippen LogP contribution in [0.25, 0.3) is 22.9 Å². The molecule has 0 N–H and O–H groups in total. The maximum atomic E-state index is 2.24. The fraction of sp³-hybridized carbons (Fsp3) is 0.143. The summed E-state index contributed by atoms with van der Waals surface area (Å²) < 4.78 is 0. The van der Waals surface area contributed by atoms with Gasteiger partial charge in [-0.1, -0.05) is 36.4 Å². The maximum absolute atomic E-state index is 2.24. The van der Waals surface area contributed by atoms with Crippen LogP contribution in [0.1, 0.15) is 13.8 Å². The first-order chi connectivity index (χ1) is 6.85. The van der Waals surface area contributed by atoms with Gasteiger partial charge in [-0.2, -0.15) is 0 Å². The molecule has 0 saturated heterocycles. The average molecular weight is 182 g/mol. The van der Waals surface area contributed by atoms with Crippen LogP contribution in [0, 0.1) is 0 Å². The van der Waals surface area contributed by atoms with Crippen molar-refractivity contribution in [1.29, 1.82) is 0 Å². The van der Waals surface area contributed by atoms with E-state index in [1.807, 2.05) is 0 Å². The molecule has 0 radical (unpaired) electrons. The Morgan fingerprint density at radius 2 is 1.21 bits per heavy atom. The van der Waals surface area contributed by atoms with E-state index >= 15 is 0 Å². The Kier molecular flexibility index (Phi) is 2.36. The van der Waals surface area contributed by atoms with E-state index in [4.69, 9.17) is 0 Å². The molecule has 14 heavy (non-hydrogen) atoms. The van der Waals surface area contributed by atoms with E-state index in [-0.39, 0.29) is 0 Å². The van der Waals surface area contributed by atoms with Gasteiger partial charge in [-0.25, -0.2) is 0 Å². The van der Waals surface area contributed by atoms with E-state index < -0.39 is 0 Å². The maximum Gasteiger partial charge on any atom is -0.0178 e. The summed E-state index contributed by atoms with van der Waals surface area (Å²) >= 11 is 0. The minimum absolute atomic E-state index is 1.31. The molecule has 0 atom stereocenters. The highest BCUT2D eigenvalue weighted by atomic mass is 14.0. The van der Waals surface area contributed by atoms with Crippen molar-refractivity contribution in [1.82, 2.24) is 0 Å². The van der Waals surface area contributed by atoms with Crippen LogP contribution >= 0.6 is 0 Å². The van der Waals surface area contributed by atoms with Gasteiger partial charge in [0.1, 0.15) is 0 Å². The van der Waals surface area contributed by atoms with Crippen molar-refractivity contribution in [3.05, 3.63) is 46.8 Å². The smallest absolute Gasteiger partial charge is 0.0178 e. The molecular weight excluding hydrogens is 168 g/mol. The van der Waals surface area contributed by atoms with Crippen molar-refractivity contribution in [3.8, 4) is 0 Å². The second kappa shape index (κ2) is 3.67. The van der Waals surface area contributed by atoms with E-state index in [0.717, 1.165) is 0 Å². The van der Waals surface area contributed by atoms with Gasteiger partial charge in [0, 0.05) is 0 Å². The summed E-state index contributed by atoms with van der Waals surface area (Å²) in [6, 6.07) is 13.0. The van der Waals surface area contributed by atoms with Crippen molar-refractivity contribution in [2.75, 3.05) is 0 Å². The lowest BCUT2D eigenvalue weighted by molar-refractivity contribution is 1.54. The third kappa shape index (κ3) is 1.44. The monoisotopic (exact) mass is 182 g/mol. The summed E-state index contributed by atoms with van der Waals surface area (Å²) in [5.41, 5.74) is 0. The lowest BCUT2D eigenvalue weighted by atomic mass is 10.1. The predicted molar refractivity (Wildman–Crippen MR) is 63.5 cm³/mol. The Morgan fingerprint density at radius 1 is 0.786 bits per heavy atom. The predicted octanol–water partition coefficient (Wildman–Crippen LogP) is 2.44. The van der Waals surface area contributed by atoms with Gasteiger partial charge in [0.05, 0.1) is 0 Å². The number of rotatable bonds is 0. The molecule has 2 aromatic carbocycles. The molecule has 0 spiro atoms. The largest absolute Gasteiger partial charge is 0.0798 e. The average Bonchev–Trinajstić information content (AvgIpc) is 2.27. The van der Waals surface area contributed by atoms with E-state index in [0.29, 0.717) is 0 Å². The standard InChI is InChI=1S/C14H14/c1-3-11-9-13-7-5-6-8-14(13)10-12(11)4-2/h3-10H,1-2H3. The first kappa shape index (κ1) is 9.01. The quantitative estimate of drug-likeness (QED) is 0.587. The topological polar surface area (TPSA) is 0 Å². The van der Waals surface area contributed by atoms with Crippen molar-refractivity contribution >= 4 is 22.9 Å². The Bertz CT molecular complexity index is 510. The summed E-state index contributed by atoms with van der Waals surface area (Å²) in [6.07, 6.45) is 4.31. The lowest BCUT2D eigenvalue weighted by Gasteiger charge is -1.97. The number of hydrogen-bond acceptors (Lipinski definition) is 0. The van der Waals surface area contributed by atoms with Crippen LogP contribution in [0.5, 0.6) is 0 Å². The summed E-state index contributed by atoms with van der Waals surface area (Å²) in [5.74, 6) is 0. The highest BCUT2D eigenvalue weighted by molar-refractivity contribution is 5.82. The van der Waals surface area contributed by atoms with Crippen LogP contribution in [0.15, 0.2) is 36.4 Å². The molecule has 0 aliphatic heterocycles. The third-order valence-corrected chi connectivity index (χ3v) is 2.57. The molecule has 0 bridgehead atoms. The van der Waals surface area contributed by atoms with Crippen molar-refractivity contribution < 1.29 is 0 Å². The Balaban J connectivity index is 2.98. The molecule has 0 amide bonds. The van der Waals surface area contributed by atoms with Crippen LogP contribution in [0.4, 0.5) is 0 Å². The molecule has 70 valence electrons. The molecule has 0 unspecified atom stereocenters. The van der Waals surface area contributed by atoms with Crippen molar-refractivity contribution in [2.45, 2.75) is 13.8 Å². The molecule has 0 aromatic heterocycles. The van der Waals surface area contributed by atoms with Gasteiger partial charge in [0.2, 0.25) is 0 Å². The number of fused-ring (bicyclic) bond motifs is 1. The van der Waals surface area contributed by atoms with Crippen LogP contribution in [-0.2, 0) is 0 Å². The SMILES string of the molecule is CC=c1cc2ccccc2cc1=CC. The van der Waals surface area contributed by atoms with Gasteiger partial charge in [-0.3, -0.25) is 0 Å². The minimum atomic E-state index is 1.31. The molecule has 0 heterocycles. The molecule has 0 aliphatic carbocycles. The van der Waals surface area contributed by atoms with Gasteiger partial charge < -0.3 is 0 Å². The van der Waals surface area contributed by atoms with E-state index in [1.54, 1.807) is 0 Å². The molecule has 0 nitrogen and oxygen atoms in total. The molecular formula is C14H14. The van der Waals surface area contributed by atoms with E-state index in [9.17, 15) is 0 Å². The first-order valence-electron chi connectivity index (χ1n) is 4.96. The van der Waals surface area contributed by atoms with Gasteiger partial charge in [0.15, 0.2) is 0 Å². The van der Waals surface area contributed by atoms with E-state index in [2.05, 4.69) is 62.4 Å². The summed E-state index contributed by atoms with van der Waals surface area (Å²) in [6.45, 7) is 4.16.